The Morgan fingerprint density at radius 2 is 1.72 bits per heavy atom. The number of urea groups is 1. The fraction of sp³-hybridized carbons (Fsp3) is 0.393. The van der Waals surface area contributed by atoms with Gasteiger partial charge in [0.1, 0.15) is 12.6 Å². The van der Waals surface area contributed by atoms with Crippen molar-refractivity contribution in [2.75, 3.05) is 31.0 Å². The maximum Gasteiger partial charge on any atom is 0.416 e. The van der Waals surface area contributed by atoms with Gasteiger partial charge in [0, 0.05) is 24.7 Å². The summed E-state index contributed by atoms with van der Waals surface area (Å²) >= 11 is 0. The van der Waals surface area contributed by atoms with Gasteiger partial charge in [0.05, 0.1) is 31.5 Å². The second-order valence-corrected chi connectivity index (χ2v) is 9.89. The molecule has 0 aromatic heterocycles. The molecule has 0 radical (unpaired) electrons. The number of aliphatic hydroxyl groups is 1. The molecule has 15 nitrogen and oxygen atoms in total. The van der Waals surface area contributed by atoms with Crippen molar-refractivity contribution in [3.63, 3.8) is 0 Å². The quantitative estimate of drug-likeness (QED) is 0.267. The SMILES string of the molecule is COc1cc2c(cc1OC)N(C(=O)OCc1ccc(NC(=O)NC(CCC(=O)O)C(=O)O)cc1)[C@@H](O)[C@@H]1CCCN1C2=O. The topological polar surface area (TPSA) is 204 Å². The zero-order valence-electron chi connectivity index (χ0n) is 23.4. The van der Waals surface area contributed by atoms with Crippen LogP contribution in [0.3, 0.4) is 0 Å². The maximum absolute atomic E-state index is 13.4. The molecule has 5 N–H and O–H groups in total. The number of carbonyl (C=O) groups is 5. The van der Waals surface area contributed by atoms with Crippen LogP contribution in [0.5, 0.6) is 11.5 Å². The highest BCUT2D eigenvalue weighted by molar-refractivity contribution is 6.06. The number of amides is 4. The number of anilines is 2. The lowest BCUT2D eigenvalue weighted by molar-refractivity contribution is -0.140. The Labute approximate surface area is 245 Å². The highest BCUT2D eigenvalue weighted by Crippen LogP contribution is 2.41. The first-order valence-corrected chi connectivity index (χ1v) is 13.4. The zero-order chi connectivity index (χ0) is 31.3. The molecular weight excluding hydrogens is 568 g/mol. The number of carbonyl (C=O) groups excluding carboxylic acids is 3. The van der Waals surface area contributed by atoms with Gasteiger partial charge in [-0.1, -0.05) is 12.1 Å². The summed E-state index contributed by atoms with van der Waals surface area (Å²) in [5.74, 6) is -2.36. The van der Waals surface area contributed by atoms with Crippen molar-refractivity contribution in [2.24, 2.45) is 0 Å². The van der Waals surface area contributed by atoms with Crippen LogP contribution in [-0.2, 0) is 20.9 Å². The fourth-order valence-corrected chi connectivity index (χ4v) is 5.02. The van der Waals surface area contributed by atoms with Crippen LogP contribution in [-0.4, -0.2) is 89.3 Å². The highest BCUT2D eigenvalue weighted by atomic mass is 16.6. The number of benzene rings is 2. The second-order valence-electron chi connectivity index (χ2n) is 9.89. The zero-order valence-corrected chi connectivity index (χ0v) is 23.4. The van der Waals surface area contributed by atoms with Gasteiger partial charge in [-0.3, -0.25) is 9.59 Å². The average Bonchev–Trinajstić information content (AvgIpc) is 3.45. The average molecular weight is 601 g/mol. The molecule has 2 aromatic carbocycles. The van der Waals surface area contributed by atoms with Crippen LogP contribution in [0.15, 0.2) is 36.4 Å². The van der Waals surface area contributed by atoms with Gasteiger partial charge >= 0.3 is 24.1 Å². The lowest BCUT2D eigenvalue weighted by Crippen LogP contribution is -2.50. The number of hydrogen-bond donors (Lipinski definition) is 5. The first kappa shape index (κ1) is 30.9. The summed E-state index contributed by atoms with van der Waals surface area (Å²) in [6, 6.07) is 6.17. The monoisotopic (exact) mass is 600 g/mol. The molecule has 2 heterocycles. The molecule has 230 valence electrons. The van der Waals surface area contributed by atoms with E-state index >= 15 is 0 Å². The van der Waals surface area contributed by atoms with Crippen molar-refractivity contribution >= 4 is 41.3 Å². The van der Waals surface area contributed by atoms with E-state index in [2.05, 4.69) is 10.6 Å². The van der Waals surface area contributed by atoms with Gasteiger partial charge in [-0.2, -0.15) is 0 Å². The molecule has 1 saturated heterocycles. The molecule has 0 bridgehead atoms. The molecule has 0 saturated carbocycles. The van der Waals surface area contributed by atoms with Gasteiger partial charge in [0.15, 0.2) is 17.7 Å². The molecule has 43 heavy (non-hydrogen) atoms. The first-order valence-electron chi connectivity index (χ1n) is 13.4. The second kappa shape index (κ2) is 13.3. The summed E-state index contributed by atoms with van der Waals surface area (Å²) in [7, 11) is 2.83. The van der Waals surface area contributed by atoms with E-state index in [1.54, 1.807) is 12.1 Å². The van der Waals surface area contributed by atoms with Crippen LogP contribution < -0.4 is 25.0 Å². The molecule has 4 rings (SSSR count). The Morgan fingerprint density at radius 3 is 2.35 bits per heavy atom. The van der Waals surface area contributed by atoms with Gasteiger partial charge < -0.3 is 45.1 Å². The Bertz CT molecular complexity index is 1400. The minimum absolute atomic E-state index is 0.114. The lowest BCUT2D eigenvalue weighted by atomic mass is 10.1. The molecule has 2 aromatic rings. The van der Waals surface area contributed by atoms with Crippen molar-refractivity contribution in [3.05, 3.63) is 47.5 Å². The van der Waals surface area contributed by atoms with Gasteiger partial charge in [0.25, 0.3) is 5.91 Å². The predicted molar refractivity (Wildman–Crippen MR) is 149 cm³/mol. The smallest absolute Gasteiger partial charge is 0.416 e. The Hall–Kier alpha value is -5.05. The molecule has 15 heteroatoms. The number of aliphatic carboxylic acids is 2. The van der Waals surface area contributed by atoms with Crippen molar-refractivity contribution in [1.29, 1.82) is 0 Å². The normalized spacial score (nSPS) is 18.1. The summed E-state index contributed by atoms with van der Waals surface area (Å²) < 4.78 is 16.2. The minimum atomic E-state index is -1.39. The molecule has 1 fully saturated rings. The number of methoxy groups -OCH3 is 2. The van der Waals surface area contributed by atoms with E-state index < -0.39 is 48.8 Å². The molecule has 4 amide bonds. The van der Waals surface area contributed by atoms with E-state index in [4.69, 9.17) is 19.3 Å². The number of carboxylic acids is 2. The van der Waals surface area contributed by atoms with Crippen LogP contribution in [0, 0.1) is 0 Å². The molecule has 1 unspecified atom stereocenters. The molecular formula is C28H32N4O11. The molecule has 2 aliphatic rings. The summed E-state index contributed by atoms with van der Waals surface area (Å²) in [6.07, 6.45) is -1.84. The van der Waals surface area contributed by atoms with Crippen molar-refractivity contribution in [2.45, 2.75) is 50.6 Å². The number of ether oxygens (including phenoxy) is 3. The van der Waals surface area contributed by atoms with E-state index in [1.807, 2.05) is 0 Å². The van der Waals surface area contributed by atoms with Gasteiger partial charge in [0.2, 0.25) is 0 Å². The van der Waals surface area contributed by atoms with E-state index in [0.717, 1.165) is 4.90 Å². The molecule has 2 aliphatic heterocycles. The number of aliphatic hydroxyl groups excluding tert-OH is 1. The number of rotatable bonds is 10. The summed E-state index contributed by atoms with van der Waals surface area (Å²) in [4.78, 5) is 63.6. The van der Waals surface area contributed by atoms with Gasteiger partial charge in [-0.15, -0.1) is 0 Å². The van der Waals surface area contributed by atoms with Crippen LogP contribution >= 0.6 is 0 Å². The first-order chi connectivity index (χ1) is 20.5. The summed E-state index contributed by atoms with van der Waals surface area (Å²) in [6.45, 7) is 0.213. The molecule has 0 aliphatic carbocycles. The van der Waals surface area contributed by atoms with Crippen molar-refractivity contribution in [1.82, 2.24) is 10.2 Å². The summed E-state index contributed by atoms with van der Waals surface area (Å²) in [5.41, 5.74) is 1.09. The number of hydrogen-bond acceptors (Lipinski definition) is 9. The fourth-order valence-electron chi connectivity index (χ4n) is 5.02. The molecule has 3 atom stereocenters. The standard InChI is InChI=1S/C28H32N4O11/c1-41-21-12-17-20(13-22(21)42-2)32(25(36)19-4-3-11-31(19)24(17)35)28(40)43-14-15-5-7-16(8-6-15)29-27(39)30-18(26(37)38)9-10-23(33)34/h5-8,12-13,18-19,25,36H,3-4,9-11,14H2,1-2H3,(H,33,34)(H,37,38)(H2,29,30,39)/t18?,19-,25-/m0/s1. The van der Waals surface area contributed by atoms with Crippen LogP contribution in [0.25, 0.3) is 0 Å². The number of fused-ring (bicyclic) bond motifs is 2. The third-order valence-corrected chi connectivity index (χ3v) is 7.18. The van der Waals surface area contributed by atoms with Gasteiger partial charge in [-0.05, 0) is 43.0 Å². The minimum Gasteiger partial charge on any atom is -0.493 e. The Balaban J connectivity index is 1.45. The third kappa shape index (κ3) is 6.89. The number of nitrogens with zero attached hydrogens (tertiary/aromatic N) is 2. The van der Waals surface area contributed by atoms with Crippen LogP contribution in [0.4, 0.5) is 21.0 Å². The van der Waals surface area contributed by atoms with Crippen LogP contribution in [0.1, 0.15) is 41.6 Å². The number of nitrogens with one attached hydrogen (secondary N) is 2. The number of carboxylic acid groups (broad SMARTS) is 2. The van der Waals surface area contributed by atoms with Crippen molar-refractivity contribution in [3.8, 4) is 11.5 Å². The Kier molecular flexibility index (Phi) is 9.55. The van der Waals surface area contributed by atoms with E-state index in [1.165, 1.54) is 43.4 Å². The molecule has 0 spiro atoms. The largest absolute Gasteiger partial charge is 0.493 e. The summed E-state index contributed by atoms with van der Waals surface area (Å²) in [5, 5.41) is 33.9. The van der Waals surface area contributed by atoms with Crippen LogP contribution in [0.2, 0.25) is 0 Å². The van der Waals surface area contributed by atoms with E-state index in [-0.39, 0.29) is 41.7 Å². The lowest BCUT2D eigenvalue weighted by Gasteiger charge is -2.31. The predicted octanol–water partition coefficient (Wildman–Crippen LogP) is 2.22. The van der Waals surface area contributed by atoms with E-state index in [0.29, 0.717) is 30.6 Å². The highest BCUT2D eigenvalue weighted by Gasteiger charge is 2.45. The van der Waals surface area contributed by atoms with Gasteiger partial charge in [-0.25, -0.2) is 19.3 Å². The third-order valence-electron chi connectivity index (χ3n) is 7.18. The van der Waals surface area contributed by atoms with Crippen molar-refractivity contribution < 1.29 is 53.5 Å². The van der Waals surface area contributed by atoms with E-state index in [9.17, 15) is 34.2 Å². The maximum atomic E-state index is 13.4. The Morgan fingerprint density at radius 1 is 1.05 bits per heavy atom.